The van der Waals surface area contributed by atoms with Crippen molar-refractivity contribution >= 4 is 29.2 Å². The number of benzene rings is 2. The summed E-state index contributed by atoms with van der Waals surface area (Å²) in [6.45, 7) is 5.18. The summed E-state index contributed by atoms with van der Waals surface area (Å²) in [5.41, 5.74) is 1.98. The summed E-state index contributed by atoms with van der Waals surface area (Å²) in [7, 11) is 1.65. The van der Waals surface area contributed by atoms with Gasteiger partial charge in [-0.2, -0.15) is 0 Å². The number of carbonyl (C=O) groups excluding carboxylic acids is 3. The first kappa shape index (κ1) is 21.8. The van der Waals surface area contributed by atoms with Crippen LogP contribution in [0.1, 0.15) is 23.7 Å². The summed E-state index contributed by atoms with van der Waals surface area (Å²) < 4.78 is 10.3. The minimum Gasteiger partial charge on any atom is -0.497 e. The number of carbonyl (C=O) groups is 3. The van der Waals surface area contributed by atoms with Crippen LogP contribution in [0.15, 0.2) is 48.5 Å². The standard InChI is InChI=1S/C24H27N3O5/c1-3-32-24(30)17-7-9-18(10-8-17)27-22(28)16-21(23(27)29)26-13-11-25(12-14-26)19-5-4-6-20(15-19)31-2/h4-10,15,21H,3,11-14,16H2,1-2H3/p+1/t21-/m0/s1. The highest BCUT2D eigenvalue weighted by atomic mass is 16.5. The molecule has 0 saturated carbocycles. The number of nitrogens with zero attached hydrogens (tertiary/aromatic N) is 2. The number of quaternary nitrogens is 1. The molecule has 0 spiro atoms. The van der Waals surface area contributed by atoms with Gasteiger partial charge in [-0.3, -0.25) is 9.59 Å². The highest BCUT2D eigenvalue weighted by molar-refractivity contribution is 6.22. The second-order valence-corrected chi connectivity index (χ2v) is 7.94. The van der Waals surface area contributed by atoms with Crippen LogP contribution in [0.5, 0.6) is 5.75 Å². The Labute approximate surface area is 187 Å². The molecule has 0 aliphatic carbocycles. The molecule has 0 radical (unpaired) electrons. The van der Waals surface area contributed by atoms with Crippen LogP contribution in [-0.2, 0) is 14.3 Å². The van der Waals surface area contributed by atoms with Crippen molar-refractivity contribution in [1.29, 1.82) is 0 Å². The van der Waals surface area contributed by atoms with Gasteiger partial charge in [-0.05, 0) is 43.3 Å². The summed E-state index contributed by atoms with van der Waals surface area (Å²) in [5, 5.41) is 0. The zero-order valence-corrected chi connectivity index (χ0v) is 18.4. The third-order valence-electron chi connectivity index (χ3n) is 6.10. The molecule has 0 aromatic heterocycles. The number of imide groups is 1. The monoisotopic (exact) mass is 438 g/mol. The smallest absolute Gasteiger partial charge is 0.338 e. The molecule has 0 bridgehead atoms. The lowest BCUT2D eigenvalue weighted by molar-refractivity contribution is -0.915. The topological polar surface area (TPSA) is 80.6 Å². The van der Waals surface area contributed by atoms with Gasteiger partial charge >= 0.3 is 5.97 Å². The quantitative estimate of drug-likeness (QED) is 0.534. The molecule has 168 valence electrons. The van der Waals surface area contributed by atoms with Gasteiger partial charge in [0.1, 0.15) is 5.75 Å². The Balaban J connectivity index is 1.40. The van der Waals surface area contributed by atoms with E-state index in [9.17, 15) is 14.4 Å². The molecular formula is C24H28N3O5+. The van der Waals surface area contributed by atoms with E-state index in [1.165, 1.54) is 4.90 Å². The van der Waals surface area contributed by atoms with E-state index in [2.05, 4.69) is 11.0 Å². The molecular weight excluding hydrogens is 410 g/mol. The van der Waals surface area contributed by atoms with Crippen molar-refractivity contribution in [2.24, 2.45) is 0 Å². The van der Waals surface area contributed by atoms with Crippen molar-refractivity contribution in [3.8, 4) is 5.75 Å². The van der Waals surface area contributed by atoms with Crippen LogP contribution in [-0.4, -0.2) is 63.7 Å². The Bertz CT molecular complexity index is 999. The second-order valence-electron chi connectivity index (χ2n) is 7.94. The number of hydrogen-bond donors (Lipinski definition) is 1. The Kier molecular flexibility index (Phi) is 6.41. The largest absolute Gasteiger partial charge is 0.497 e. The van der Waals surface area contributed by atoms with Gasteiger partial charge in [0.25, 0.3) is 5.91 Å². The minimum atomic E-state index is -0.422. The third kappa shape index (κ3) is 4.31. The lowest BCUT2D eigenvalue weighted by Gasteiger charge is -2.35. The average Bonchev–Trinajstić information content (AvgIpc) is 3.13. The SMILES string of the molecule is CCOC(=O)c1ccc(N2C(=O)C[C@H]([NH+]3CCN(c4cccc(OC)c4)CC3)C2=O)cc1. The maximum Gasteiger partial charge on any atom is 0.338 e. The molecule has 2 fully saturated rings. The number of esters is 1. The van der Waals surface area contributed by atoms with Crippen molar-refractivity contribution in [2.75, 3.05) is 49.7 Å². The molecule has 2 aromatic rings. The molecule has 4 rings (SSSR count). The molecule has 2 saturated heterocycles. The van der Waals surface area contributed by atoms with Gasteiger partial charge in [0.05, 0.1) is 57.6 Å². The van der Waals surface area contributed by atoms with E-state index in [1.54, 1.807) is 38.3 Å². The molecule has 2 aliphatic rings. The fourth-order valence-electron chi connectivity index (χ4n) is 4.39. The van der Waals surface area contributed by atoms with Crippen LogP contribution in [0, 0.1) is 0 Å². The molecule has 8 heteroatoms. The van der Waals surface area contributed by atoms with E-state index in [0.29, 0.717) is 17.9 Å². The van der Waals surface area contributed by atoms with Crippen LogP contribution >= 0.6 is 0 Å². The zero-order chi connectivity index (χ0) is 22.7. The fourth-order valence-corrected chi connectivity index (χ4v) is 4.39. The van der Waals surface area contributed by atoms with Crippen molar-refractivity contribution < 1.29 is 28.8 Å². The van der Waals surface area contributed by atoms with Gasteiger partial charge in [0.15, 0.2) is 6.04 Å². The van der Waals surface area contributed by atoms with Crippen molar-refractivity contribution in [3.63, 3.8) is 0 Å². The summed E-state index contributed by atoms with van der Waals surface area (Å²) in [6.07, 6.45) is 0.201. The van der Waals surface area contributed by atoms with Crippen LogP contribution in [0.4, 0.5) is 11.4 Å². The molecule has 2 heterocycles. The van der Waals surface area contributed by atoms with E-state index in [0.717, 1.165) is 42.5 Å². The Morgan fingerprint density at radius 2 is 1.78 bits per heavy atom. The number of rotatable bonds is 6. The van der Waals surface area contributed by atoms with E-state index in [1.807, 2.05) is 18.2 Å². The molecule has 32 heavy (non-hydrogen) atoms. The summed E-state index contributed by atoms with van der Waals surface area (Å²) in [5.74, 6) is 0.0168. The van der Waals surface area contributed by atoms with E-state index in [-0.39, 0.29) is 24.3 Å². The minimum absolute atomic E-state index is 0.177. The first-order valence-electron chi connectivity index (χ1n) is 10.9. The number of methoxy groups -OCH3 is 1. The van der Waals surface area contributed by atoms with Crippen molar-refractivity contribution in [2.45, 2.75) is 19.4 Å². The predicted octanol–water partition coefficient (Wildman–Crippen LogP) is 0.909. The average molecular weight is 439 g/mol. The van der Waals surface area contributed by atoms with Crippen molar-refractivity contribution in [3.05, 3.63) is 54.1 Å². The normalized spacial score (nSPS) is 19.4. The number of anilines is 2. The van der Waals surface area contributed by atoms with Crippen LogP contribution in [0.3, 0.4) is 0 Å². The van der Waals surface area contributed by atoms with Crippen LogP contribution in [0.2, 0.25) is 0 Å². The van der Waals surface area contributed by atoms with Crippen molar-refractivity contribution in [1.82, 2.24) is 0 Å². The summed E-state index contributed by atoms with van der Waals surface area (Å²) >= 11 is 0. The van der Waals surface area contributed by atoms with Gasteiger partial charge in [-0.1, -0.05) is 6.07 Å². The third-order valence-corrected chi connectivity index (χ3v) is 6.10. The van der Waals surface area contributed by atoms with E-state index >= 15 is 0 Å². The molecule has 2 aliphatic heterocycles. The Hall–Kier alpha value is -3.39. The second kappa shape index (κ2) is 9.40. The zero-order valence-electron chi connectivity index (χ0n) is 18.4. The van der Waals surface area contributed by atoms with Gasteiger partial charge in [-0.15, -0.1) is 0 Å². The summed E-state index contributed by atoms with van der Waals surface area (Å²) in [4.78, 5) is 42.3. The lowest BCUT2D eigenvalue weighted by Crippen LogP contribution is -3.19. The fraction of sp³-hybridized carbons (Fsp3) is 0.375. The number of amides is 2. The molecule has 2 amide bonds. The lowest BCUT2D eigenvalue weighted by atomic mass is 10.1. The Morgan fingerprint density at radius 1 is 1.06 bits per heavy atom. The molecule has 0 unspecified atom stereocenters. The predicted molar refractivity (Wildman–Crippen MR) is 119 cm³/mol. The maximum absolute atomic E-state index is 13.1. The molecule has 1 N–H and O–H groups in total. The van der Waals surface area contributed by atoms with Gasteiger partial charge in [-0.25, -0.2) is 9.69 Å². The number of ether oxygens (including phenoxy) is 2. The maximum atomic E-state index is 13.1. The van der Waals surface area contributed by atoms with Gasteiger partial charge in [0, 0.05) is 11.8 Å². The highest BCUT2D eigenvalue weighted by Gasteiger charge is 2.46. The molecule has 8 nitrogen and oxygen atoms in total. The van der Waals surface area contributed by atoms with E-state index < -0.39 is 5.97 Å². The summed E-state index contributed by atoms with van der Waals surface area (Å²) in [6, 6.07) is 14.0. The van der Waals surface area contributed by atoms with Crippen LogP contribution in [0.25, 0.3) is 0 Å². The van der Waals surface area contributed by atoms with E-state index in [4.69, 9.17) is 9.47 Å². The Morgan fingerprint density at radius 3 is 2.44 bits per heavy atom. The number of piperazine rings is 1. The first-order valence-corrected chi connectivity index (χ1v) is 10.9. The number of hydrogen-bond acceptors (Lipinski definition) is 6. The van der Waals surface area contributed by atoms with Crippen LogP contribution < -0.4 is 19.4 Å². The van der Waals surface area contributed by atoms with Gasteiger partial charge in [0.2, 0.25) is 5.91 Å². The highest BCUT2D eigenvalue weighted by Crippen LogP contribution is 2.24. The first-order chi connectivity index (χ1) is 15.5. The number of nitrogens with one attached hydrogen (secondary N) is 1. The molecule has 2 aromatic carbocycles. The molecule has 1 atom stereocenters. The van der Waals surface area contributed by atoms with Gasteiger partial charge < -0.3 is 19.3 Å².